The van der Waals surface area contributed by atoms with Crippen LogP contribution in [-0.2, 0) is 6.54 Å². The van der Waals surface area contributed by atoms with E-state index in [1.165, 1.54) is 0 Å². The Labute approximate surface area is 93.5 Å². The number of benzene rings is 1. The van der Waals surface area contributed by atoms with E-state index in [0.717, 1.165) is 16.7 Å². The second-order valence-electron chi connectivity index (χ2n) is 3.18. The molecule has 0 unspecified atom stereocenters. The van der Waals surface area contributed by atoms with E-state index in [4.69, 9.17) is 16.6 Å². The van der Waals surface area contributed by atoms with E-state index in [2.05, 4.69) is 10.6 Å². The highest BCUT2D eigenvalue weighted by molar-refractivity contribution is 7.80. The molecule has 0 bridgehead atoms. The highest BCUT2D eigenvalue weighted by Gasteiger charge is 2.02. The van der Waals surface area contributed by atoms with E-state index in [9.17, 15) is 0 Å². The van der Waals surface area contributed by atoms with Crippen LogP contribution in [0.1, 0.15) is 5.76 Å². The van der Waals surface area contributed by atoms with E-state index in [-0.39, 0.29) is 0 Å². The van der Waals surface area contributed by atoms with Crippen LogP contribution in [0.5, 0.6) is 0 Å². The molecule has 1 aromatic heterocycles. The number of nitrogens with one attached hydrogen (secondary N) is 2. The van der Waals surface area contributed by atoms with Crippen molar-refractivity contribution in [1.29, 1.82) is 0 Å². The summed E-state index contributed by atoms with van der Waals surface area (Å²) in [5, 5.41) is 7.62. The van der Waals surface area contributed by atoms with Gasteiger partial charge in [-0.25, -0.2) is 0 Å². The third kappa shape index (κ3) is 2.27. The Balaban J connectivity index is 2.12. The third-order valence-electron chi connectivity index (χ3n) is 2.13. The molecule has 0 saturated carbocycles. The predicted octanol–water partition coefficient (Wildman–Crippen LogP) is 2.03. The molecule has 0 spiro atoms. The Kier molecular flexibility index (Phi) is 2.87. The Hall–Kier alpha value is -1.55. The van der Waals surface area contributed by atoms with Crippen molar-refractivity contribution >= 4 is 28.3 Å². The van der Waals surface area contributed by atoms with Crippen molar-refractivity contribution in [1.82, 2.24) is 10.6 Å². The van der Waals surface area contributed by atoms with Crippen LogP contribution < -0.4 is 10.6 Å². The summed E-state index contributed by atoms with van der Waals surface area (Å²) in [7, 11) is 1.79. The molecule has 0 atom stereocenters. The zero-order chi connectivity index (χ0) is 10.7. The molecule has 1 heterocycles. The summed E-state index contributed by atoms with van der Waals surface area (Å²) in [5.41, 5.74) is 0.907. The lowest BCUT2D eigenvalue weighted by Crippen LogP contribution is -2.31. The zero-order valence-electron chi connectivity index (χ0n) is 8.41. The first kappa shape index (κ1) is 9.98. The van der Waals surface area contributed by atoms with E-state index < -0.39 is 0 Å². The summed E-state index contributed by atoms with van der Waals surface area (Å²) < 4.78 is 5.61. The highest BCUT2D eigenvalue weighted by atomic mass is 32.1. The molecule has 0 amide bonds. The standard InChI is InChI=1S/C11H12N2OS/c1-12-11(15)13-7-9-6-8-4-2-3-5-10(8)14-9/h2-6H,7H2,1H3,(H2,12,13,15). The van der Waals surface area contributed by atoms with Crippen LogP contribution in [0.3, 0.4) is 0 Å². The summed E-state index contributed by atoms with van der Waals surface area (Å²) in [6.07, 6.45) is 0. The molecule has 0 saturated heterocycles. The van der Waals surface area contributed by atoms with Gasteiger partial charge in [0.2, 0.25) is 0 Å². The quantitative estimate of drug-likeness (QED) is 0.759. The molecule has 0 fully saturated rings. The molecule has 2 rings (SSSR count). The van der Waals surface area contributed by atoms with E-state index >= 15 is 0 Å². The van der Waals surface area contributed by atoms with Gasteiger partial charge in [0.05, 0.1) is 6.54 Å². The zero-order valence-corrected chi connectivity index (χ0v) is 9.23. The minimum atomic E-state index is 0.606. The molecule has 78 valence electrons. The van der Waals surface area contributed by atoms with Crippen molar-refractivity contribution in [2.24, 2.45) is 0 Å². The topological polar surface area (TPSA) is 37.2 Å². The monoisotopic (exact) mass is 220 g/mol. The molecule has 3 nitrogen and oxygen atoms in total. The first-order valence-electron chi connectivity index (χ1n) is 4.72. The minimum Gasteiger partial charge on any atom is -0.459 e. The van der Waals surface area contributed by atoms with Crippen molar-refractivity contribution in [2.75, 3.05) is 7.05 Å². The van der Waals surface area contributed by atoms with Crippen molar-refractivity contribution in [3.05, 3.63) is 36.1 Å². The van der Waals surface area contributed by atoms with Crippen molar-refractivity contribution in [3.63, 3.8) is 0 Å². The summed E-state index contributed by atoms with van der Waals surface area (Å²) >= 11 is 4.97. The molecule has 0 radical (unpaired) electrons. The van der Waals surface area contributed by atoms with Gasteiger partial charge in [-0.1, -0.05) is 18.2 Å². The van der Waals surface area contributed by atoms with Gasteiger partial charge in [0.25, 0.3) is 0 Å². The van der Waals surface area contributed by atoms with Crippen LogP contribution in [-0.4, -0.2) is 12.2 Å². The average Bonchev–Trinajstić information content (AvgIpc) is 2.68. The van der Waals surface area contributed by atoms with Crippen LogP contribution in [0.25, 0.3) is 11.0 Å². The number of hydrogen-bond donors (Lipinski definition) is 2. The molecule has 15 heavy (non-hydrogen) atoms. The van der Waals surface area contributed by atoms with E-state index in [1.807, 2.05) is 30.3 Å². The van der Waals surface area contributed by atoms with Crippen molar-refractivity contribution in [3.8, 4) is 0 Å². The molecule has 0 aliphatic rings. The van der Waals surface area contributed by atoms with Gasteiger partial charge in [-0.3, -0.25) is 0 Å². The average molecular weight is 220 g/mol. The lowest BCUT2D eigenvalue weighted by molar-refractivity contribution is 0.540. The Morgan fingerprint density at radius 3 is 2.93 bits per heavy atom. The van der Waals surface area contributed by atoms with Crippen LogP contribution in [0.2, 0.25) is 0 Å². The molecular weight excluding hydrogens is 208 g/mol. The van der Waals surface area contributed by atoms with Gasteiger partial charge >= 0.3 is 0 Å². The van der Waals surface area contributed by atoms with Gasteiger partial charge < -0.3 is 15.1 Å². The third-order valence-corrected chi connectivity index (χ3v) is 2.48. The second-order valence-corrected chi connectivity index (χ2v) is 3.59. The minimum absolute atomic E-state index is 0.606. The maximum Gasteiger partial charge on any atom is 0.166 e. The molecule has 0 aliphatic carbocycles. The van der Waals surface area contributed by atoms with E-state index in [1.54, 1.807) is 7.05 Å². The van der Waals surface area contributed by atoms with Gasteiger partial charge in [0.1, 0.15) is 11.3 Å². The highest BCUT2D eigenvalue weighted by Crippen LogP contribution is 2.18. The molecular formula is C11H12N2OS. The maximum atomic E-state index is 5.61. The molecule has 2 N–H and O–H groups in total. The number of hydrogen-bond acceptors (Lipinski definition) is 2. The Morgan fingerprint density at radius 2 is 2.20 bits per heavy atom. The van der Waals surface area contributed by atoms with Gasteiger partial charge in [-0.05, 0) is 24.4 Å². The SMILES string of the molecule is CNC(=S)NCc1cc2ccccc2o1. The van der Waals surface area contributed by atoms with Crippen LogP contribution in [0, 0.1) is 0 Å². The van der Waals surface area contributed by atoms with E-state index in [0.29, 0.717) is 11.7 Å². The van der Waals surface area contributed by atoms with Crippen LogP contribution in [0.4, 0.5) is 0 Å². The summed E-state index contributed by atoms with van der Waals surface area (Å²) in [6, 6.07) is 9.95. The summed E-state index contributed by atoms with van der Waals surface area (Å²) in [6.45, 7) is 0.606. The Morgan fingerprint density at radius 1 is 1.40 bits per heavy atom. The number of furan rings is 1. The molecule has 1 aromatic carbocycles. The molecule has 2 aromatic rings. The fourth-order valence-corrected chi connectivity index (χ4v) is 1.45. The lowest BCUT2D eigenvalue weighted by Gasteiger charge is -2.03. The number of para-hydroxylation sites is 1. The molecule has 4 heteroatoms. The second kappa shape index (κ2) is 4.31. The normalized spacial score (nSPS) is 10.2. The predicted molar refractivity (Wildman–Crippen MR) is 64.7 cm³/mol. The first-order chi connectivity index (χ1) is 7.29. The smallest absolute Gasteiger partial charge is 0.166 e. The first-order valence-corrected chi connectivity index (χ1v) is 5.13. The lowest BCUT2D eigenvalue weighted by atomic mass is 10.2. The maximum absolute atomic E-state index is 5.61. The fourth-order valence-electron chi connectivity index (χ4n) is 1.38. The van der Waals surface area contributed by atoms with Gasteiger partial charge in [0, 0.05) is 12.4 Å². The fraction of sp³-hybridized carbons (Fsp3) is 0.182. The number of rotatable bonds is 2. The van der Waals surface area contributed by atoms with Crippen LogP contribution >= 0.6 is 12.2 Å². The van der Waals surface area contributed by atoms with Gasteiger partial charge in [-0.2, -0.15) is 0 Å². The number of fused-ring (bicyclic) bond motifs is 1. The molecule has 0 aliphatic heterocycles. The number of thiocarbonyl (C=S) groups is 1. The Bertz CT molecular complexity index is 445. The summed E-state index contributed by atoms with van der Waals surface area (Å²) in [5.74, 6) is 0.883. The van der Waals surface area contributed by atoms with Crippen LogP contribution in [0.15, 0.2) is 34.7 Å². The largest absolute Gasteiger partial charge is 0.459 e. The van der Waals surface area contributed by atoms with Gasteiger partial charge in [-0.15, -0.1) is 0 Å². The van der Waals surface area contributed by atoms with Crippen molar-refractivity contribution < 1.29 is 4.42 Å². The van der Waals surface area contributed by atoms with Gasteiger partial charge in [0.15, 0.2) is 5.11 Å². The summed E-state index contributed by atoms with van der Waals surface area (Å²) in [4.78, 5) is 0. The van der Waals surface area contributed by atoms with Crippen molar-refractivity contribution in [2.45, 2.75) is 6.54 Å².